The Morgan fingerprint density at radius 1 is 1.00 bits per heavy atom. The molecule has 7 nitrogen and oxygen atoms in total. The first kappa shape index (κ1) is 23.5. The molecule has 0 unspecified atom stereocenters. The molecule has 10 heteroatoms. The lowest BCUT2D eigenvalue weighted by Crippen LogP contribution is -2.29. The van der Waals surface area contributed by atoms with Gasteiger partial charge in [0.1, 0.15) is 6.07 Å². The van der Waals surface area contributed by atoms with E-state index in [0.29, 0.717) is 29.8 Å². The summed E-state index contributed by atoms with van der Waals surface area (Å²) in [6, 6.07) is 17.3. The number of imidazole rings is 1. The number of para-hydroxylation sites is 2. The smallest absolute Gasteiger partial charge is 0.358 e. The first-order chi connectivity index (χ1) is 17.3. The SMILES string of the molecule is Cc1[nH]c2ccccc2c1-n1c(C#N)c(-c2c(CCCNCC(F)(F)F)[nH]c3ccccc23)[nH]c1=O. The summed E-state index contributed by atoms with van der Waals surface area (Å²) in [5.41, 5.74) is 4.52. The summed E-state index contributed by atoms with van der Waals surface area (Å²) < 4.78 is 38.8. The zero-order chi connectivity index (χ0) is 25.4. The van der Waals surface area contributed by atoms with Gasteiger partial charge in [-0.15, -0.1) is 0 Å². The molecule has 2 aromatic carbocycles. The average Bonchev–Trinajstić information content (AvgIpc) is 3.47. The van der Waals surface area contributed by atoms with Crippen molar-refractivity contribution in [3.8, 4) is 23.0 Å². The molecule has 0 radical (unpaired) electrons. The monoisotopic (exact) mass is 492 g/mol. The van der Waals surface area contributed by atoms with Crippen molar-refractivity contribution in [1.29, 1.82) is 5.26 Å². The molecule has 4 N–H and O–H groups in total. The predicted molar refractivity (Wildman–Crippen MR) is 132 cm³/mol. The minimum atomic E-state index is -4.27. The molecule has 184 valence electrons. The molecule has 0 atom stereocenters. The van der Waals surface area contributed by atoms with Gasteiger partial charge < -0.3 is 20.3 Å². The van der Waals surface area contributed by atoms with Gasteiger partial charge in [-0.2, -0.15) is 18.4 Å². The Morgan fingerprint density at radius 2 is 1.67 bits per heavy atom. The van der Waals surface area contributed by atoms with Gasteiger partial charge in [0, 0.05) is 38.8 Å². The van der Waals surface area contributed by atoms with E-state index >= 15 is 0 Å². The quantitative estimate of drug-likeness (QED) is 0.239. The third-order valence-corrected chi connectivity index (χ3v) is 6.22. The van der Waals surface area contributed by atoms with Crippen molar-refractivity contribution in [2.45, 2.75) is 25.9 Å². The van der Waals surface area contributed by atoms with Crippen LogP contribution in [-0.2, 0) is 6.42 Å². The maximum atomic E-state index is 13.3. The summed E-state index contributed by atoms with van der Waals surface area (Å²) in [6.45, 7) is 0.970. The zero-order valence-corrected chi connectivity index (χ0v) is 19.4. The lowest BCUT2D eigenvalue weighted by atomic mass is 10.0. The number of nitriles is 1. The van der Waals surface area contributed by atoms with Crippen LogP contribution in [0.3, 0.4) is 0 Å². The van der Waals surface area contributed by atoms with E-state index in [9.17, 15) is 23.2 Å². The summed E-state index contributed by atoms with van der Waals surface area (Å²) in [4.78, 5) is 22.7. The van der Waals surface area contributed by atoms with Crippen molar-refractivity contribution in [3.63, 3.8) is 0 Å². The number of halogens is 3. The Kier molecular flexibility index (Phi) is 5.94. The molecule has 0 amide bonds. The molecule has 3 heterocycles. The number of alkyl halides is 3. The zero-order valence-electron chi connectivity index (χ0n) is 19.4. The number of aryl methyl sites for hydroxylation is 2. The van der Waals surface area contributed by atoms with Crippen LogP contribution in [0.4, 0.5) is 13.2 Å². The van der Waals surface area contributed by atoms with Crippen LogP contribution in [0.5, 0.6) is 0 Å². The maximum absolute atomic E-state index is 13.3. The Labute approximate surface area is 203 Å². The van der Waals surface area contributed by atoms with E-state index in [4.69, 9.17) is 0 Å². The number of benzene rings is 2. The molecule has 0 saturated heterocycles. The number of hydrogen-bond acceptors (Lipinski definition) is 3. The van der Waals surface area contributed by atoms with Gasteiger partial charge in [-0.25, -0.2) is 9.36 Å². The number of aromatic nitrogens is 4. The summed E-state index contributed by atoms with van der Waals surface area (Å²) in [5, 5.41) is 14.2. The van der Waals surface area contributed by atoms with E-state index in [-0.39, 0.29) is 12.2 Å². The molecule has 0 aliphatic carbocycles. The Balaban J connectivity index is 1.61. The van der Waals surface area contributed by atoms with Gasteiger partial charge in [-0.1, -0.05) is 36.4 Å². The van der Waals surface area contributed by atoms with Crippen LogP contribution in [0.1, 0.15) is 23.5 Å². The fourth-order valence-electron chi connectivity index (χ4n) is 4.78. The van der Waals surface area contributed by atoms with Gasteiger partial charge in [-0.05, 0) is 38.4 Å². The molecular formula is C26H23F3N6O. The first-order valence-corrected chi connectivity index (χ1v) is 11.5. The van der Waals surface area contributed by atoms with Gasteiger partial charge in [0.2, 0.25) is 0 Å². The Morgan fingerprint density at radius 3 is 2.36 bits per heavy atom. The number of aromatic amines is 3. The molecule has 5 aromatic rings. The molecule has 0 aliphatic rings. The summed E-state index contributed by atoms with van der Waals surface area (Å²) >= 11 is 0. The van der Waals surface area contributed by atoms with Crippen molar-refractivity contribution in [3.05, 3.63) is 76.1 Å². The molecule has 36 heavy (non-hydrogen) atoms. The number of fused-ring (bicyclic) bond motifs is 2. The summed E-state index contributed by atoms with van der Waals surface area (Å²) in [6.07, 6.45) is -3.40. The highest BCUT2D eigenvalue weighted by molar-refractivity contribution is 5.98. The minimum Gasteiger partial charge on any atom is -0.358 e. The van der Waals surface area contributed by atoms with E-state index in [1.54, 1.807) is 0 Å². The lowest BCUT2D eigenvalue weighted by Gasteiger charge is -2.09. The average molecular weight is 493 g/mol. The van der Waals surface area contributed by atoms with Crippen LogP contribution in [0.2, 0.25) is 0 Å². The molecule has 5 rings (SSSR count). The Hall–Kier alpha value is -4.23. The molecule has 0 fully saturated rings. The fourth-order valence-corrected chi connectivity index (χ4v) is 4.78. The second-order valence-corrected chi connectivity index (χ2v) is 8.66. The standard InChI is InChI=1S/C26H23F3N6O/c1-15-24(17-8-3-5-10-19(17)32-15)35-21(13-30)23(34-25(35)36)22-16-7-2-4-9-18(16)33-20(22)11-6-12-31-14-26(27,28)29/h2-5,7-10,31-33H,6,11-12,14H2,1H3,(H,34,36). The molecule has 0 saturated carbocycles. The van der Waals surface area contributed by atoms with Gasteiger partial charge in [-0.3, -0.25) is 0 Å². The maximum Gasteiger partial charge on any atom is 0.401 e. The summed E-state index contributed by atoms with van der Waals surface area (Å²) in [7, 11) is 0. The first-order valence-electron chi connectivity index (χ1n) is 11.5. The number of nitrogens with one attached hydrogen (secondary N) is 4. The lowest BCUT2D eigenvalue weighted by molar-refractivity contribution is -0.124. The van der Waals surface area contributed by atoms with Crippen molar-refractivity contribution < 1.29 is 13.2 Å². The van der Waals surface area contributed by atoms with Gasteiger partial charge >= 0.3 is 11.9 Å². The molecule has 0 bridgehead atoms. The van der Waals surface area contributed by atoms with E-state index < -0.39 is 18.4 Å². The third kappa shape index (κ3) is 4.18. The summed E-state index contributed by atoms with van der Waals surface area (Å²) in [5.74, 6) is 0. The molecular weight excluding hydrogens is 469 g/mol. The van der Waals surface area contributed by atoms with Crippen molar-refractivity contribution in [1.82, 2.24) is 24.8 Å². The minimum absolute atomic E-state index is 0.161. The van der Waals surface area contributed by atoms with E-state index in [1.807, 2.05) is 55.5 Å². The normalized spacial score (nSPS) is 12.0. The largest absolute Gasteiger partial charge is 0.401 e. The number of nitrogens with zero attached hydrogens (tertiary/aromatic N) is 2. The predicted octanol–water partition coefficient (Wildman–Crippen LogP) is 5.06. The van der Waals surface area contributed by atoms with E-state index in [0.717, 1.165) is 33.2 Å². The van der Waals surface area contributed by atoms with Crippen LogP contribution < -0.4 is 11.0 Å². The molecule has 0 aliphatic heterocycles. The fraction of sp³-hybridized carbons (Fsp3) is 0.231. The van der Waals surface area contributed by atoms with Crippen LogP contribution in [0, 0.1) is 18.3 Å². The molecule has 3 aromatic heterocycles. The number of hydrogen-bond donors (Lipinski definition) is 4. The highest BCUT2D eigenvalue weighted by atomic mass is 19.4. The van der Waals surface area contributed by atoms with Crippen LogP contribution in [0.15, 0.2) is 53.3 Å². The topological polar surface area (TPSA) is 105 Å². The number of rotatable bonds is 7. The van der Waals surface area contributed by atoms with Crippen molar-refractivity contribution in [2.24, 2.45) is 0 Å². The van der Waals surface area contributed by atoms with E-state index in [1.165, 1.54) is 4.57 Å². The molecule has 0 spiro atoms. The van der Waals surface area contributed by atoms with Crippen LogP contribution in [-0.4, -0.2) is 38.8 Å². The van der Waals surface area contributed by atoms with Gasteiger partial charge in [0.25, 0.3) is 0 Å². The van der Waals surface area contributed by atoms with Crippen molar-refractivity contribution in [2.75, 3.05) is 13.1 Å². The van der Waals surface area contributed by atoms with E-state index in [2.05, 4.69) is 26.3 Å². The van der Waals surface area contributed by atoms with Gasteiger partial charge in [0.15, 0.2) is 5.69 Å². The second-order valence-electron chi connectivity index (χ2n) is 8.66. The second kappa shape index (κ2) is 9.09. The van der Waals surface area contributed by atoms with Crippen LogP contribution >= 0.6 is 0 Å². The van der Waals surface area contributed by atoms with Gasteiger partial charge in [0.05, 0.1) is 17.9 Å². The Bertz CT molecular complexity index is 1660. The van der Waals surface area contributed by atoms with Crippen molar-refractivity contribution >= 4 is 21.8 Å². The highest BCUT2D eigenvalue weighted by Gasteiger charge is 2.27. The third-order valence-electron chi connectivity index (χ3n) is 6.22. The number of H-pyrrole nitrogens is 3. The highest BCUT2D eigenvalue weighted by Crippen LogP contribution is 2.35. The van der Waals surface area contributed by atoms with Crippen LogP contribution in [0.25, 0.3) is 38.8 Å².